The molecule has 1 aromatic heterocycles. The van der Waals surface area contributed by atoms with E-state index in [1.807, 2.05) is 12.3 Å². The van der Waals surface area contributed by atoms with Crippen LogP contribution >= 0.6 is 0 Å². The first-order valence-corrected chi connectivity index (χ1v) is 7.89. The zero-order chi connectivity index (χ0) is 15.9. The van der Waals surface area contributed by atoms with Crippen LogP contribution < -0.4 is 16.0 Å². The standard InChI is InChI=1S/C17H31N3O/c1-6-7-21-15-9-14(11-19-12-15)16(20-18)8-13(2)10-17(3,4)5/h9,11-13,16,20H,6-8,10,18H2,1-5H3. The van der Waals surface area contributed by atoms with Gasteiger partial charge in [-0.25, -0.2) is 0 Å². The molecule has 2 unspecified atom stereocenters. The molecular weight excluding hydrogens is 262 g/mol. The average Bonchev–Trinajstić information content (AvgIpc) is 2.41. The molecule has 4 nitrogen and oxygen atoms in total. The Kier molecular flexibility index (Phi) is 7.12. The third-order valence-electron chi connectivity index (χ3n) is 3.41. The maximum absolute atomic E-state index is 5.75. The second kappa shape index (κ2) is 8.35. The van der Waals surface area contributed by atoms with Crippen molar-refractivity contribution in [3.05, 3.63) is 24.0 Å². The number of hydrogen-bond acceptors (Lipinski definition) is 4. The Morgan fingerprint density at radius 3 is 2.62 bits per heavy atom. The number of rotatable bonds is 8. The summed E-state index contributed by atoms with van der Waals surface area (Å²) in [7, 11) is 0. The molecule has 0 bridgehead atoms. The number of nitrogens with zero attached hydrogens (tertiary/aromatic N) is 1. The Balaban J connectivity index is 2.71. The van der Waals surface area contributed by atoms with E-state index in [-0.39, 0.29) is 6.04 Å². The predicted octanol–water partition coefficient (Wildman–Crippen LogP) is 3.84. The van der Waals surface area contributed by atoms with Gasteiger partial charge < -0.3 is 4.74 Å². The predicted molar refractivity (Wildman–Crippen MR) is 87.9 cm³/mol. The quantitative estimate of drug-likeness (QED) is 0.565. The molecule has 21 heavy (non-hydrogen) atoms. The highest BCUT2D eigenvalue weighted by Crippen LogP contribution is 2.30. The summed E-state index contributed by atoms with van der Waals surface area (Å²) in [6.45, 7) is 11.9. The van der Waals surface area contributed by atoms with Gasteiger partial charge in [0.15, 0.2) is 0 Å². The van der Waals surface area contributed by atoms with E-state index in [9.17, 15) is 0 Å². The number of aromatic nitrogens is 1. The Morgan fingerprint density at radius 1 is 1.33 bits per heavy atom. The molecule has 0 aliphatic carbocycles. The summed E-state index contributed by atoms with van der Waals surface area (Å²) in [4.78, 5) is 4.27. The van der Waals surface area contributed by atoms with Gasteiger partial charge >= 0.3 is 0 Å². The van der Waals surface area contributed by atoms with Gasteiger partial charge in [0.1, 0.15) is 5.75 Å². The van der Waals surface area contributed by atoms with Crippen molar-refractivity contribution < 1.29 is 4.74 Å². The SMILES string of the molecule is CCCOc1cncc(C(CC(C)CC(C)(C)C)NN)c1. The minimum Gasteiger partial charge on any atom is -0.492 e. The van der Waals surface area contributed by atoms with Crippen LogP contribution in [0.5, 0.6) is 5.75 Å². The van der Waals surface area contributed by atoms with E-state index in [0.29, 0.717) is 17.9 Å². The summed E-state index contributed by atoms with van der Waals surface area (Å²) < 4.78 is 5.64. The summed E-state index contributed by atoms with van der Waals surface area (Å²) in [5.74, 6) is 7.16. The van der Waals surface area contributed by atoms with Crippen molar-refractivity contribution in [1.29, 1.82) is 0 Å². The van der Waals surface area contributed by atoms with Gasteiger partial charge in [0.25, 0.3) is 0 Å². The molecule has 1 aromatic rings. The molecule has 3 N–H and O–H groups in total. The fourth-order valence-electron chi connectivity index (χ4n) is 2.76. The molecule has 0 spiro atoms. The van der Waals surface area contributed by atoms with Crippen LogP contribution in [-0.2, 0) is 0 Å². The molecule has 1 rings (SSSR count). The lowest BCUT2D eigenvalue weighted by Gasteiger charge is -2.26. The summed E-state index contributed by atoms with van der Waals surface area (Å²) in [6.07, 6.45) is 6.78. The zero-order valence-electron chi connectivity index (χ0n) is 14.1. The highest BCUT2D eigenvalue weighted by Gasteiger charge is 2.20. The topological polar surface area (TPSA) is 60.2 Å². The van der Waals surface area contributed by atoms with Gasteiger partial charge in [0, 0.05) is 12.2 Å². The lowest BCUT2D eigenvalue weighted by molar-refractivity contribution is 0.275. The maximum atomic E-state index is 5.75. The van der Waals surface area contributed by atoms with Crippen molar-refractivity contribution in [1.82, 2.24) is 10.4 Å². The first kappa shape index (κ1) is 17.9. The second-order valence-electron chi connectivity index (χ2n) is 7.13. The van der Waals surface area contributed by atoms with Crippen molar-refractivity contribution in [2.45, 2.75) is 59.9 Å². The van der Waals surface area contributed by atoms with E-state index >= 15 is 0 Å². The normalized spacial score (nSPS) is 14.8. The number of hydrogen-bond donors (Lipinski definition) is 2. The lowest BCUT2D eigenvalue weighted by atomic mass is 9.82. The van der Waals surface area contributed by atoms with Crippen molar-refractivity contribution in [2.75, 3.05) is 6.61 Å². The number of pyridine rings is 1. The third-order valence-corrected chi connectivity index (χ3v) is 3.41. The molecule has 0 fully saturated rings. The van der Waals surface area contributed by atoms with E-state index in [2.05, 4.69) is 45.0 Å². The minimum atomic E-state index is 0.111. The highest BCUT2D eigenvalue weighted by molar-refractivity contribution is 5.26. The van der Waals surface area contributed by atoms with Crippen molar-refractivity contribution >= 4 is 0 Å². The molecule has 1 heterocycles. The first-order valence-electron chi connectivity index (χ1n) is 7.89. The smallest absolute Gasteiger partial charge is 0.137 e. The van der Waals surface area contributed by atoms with Crippen LogP contribution in [0.15, 0.2) is 18.5 Å². The Morgan fingerprint density at radius 2 is 2.05 bits per heavy atom. The number of nitrogens with two attached hydrogens (primary N) is 1. The summed E-state index contributed by atoms with van der Waals surface area (Å²) in [5, 5.41) is 0. The zero-order valence-corrected chi connectivity index (χ0v) is 14.1. The fraction of sp³-hybridized carbons (Fsp3) is 0.706. The Hall–Kier alpha value is -1.13. The van der Waals surface area contributed by atoms with Gasteiger partial charge in [-0.2, -0.15) is 0 Å². The minimum absolute atomic E-state index is 0.111. The van der Waals surface area contributed by atoms with Crippen LogP contribution in [0.25, 0.3) is 0 Å². The highest BCUT2D eigenvalue weighted by atomic mass is 16.5. The molecule has 0 aromatic carbocycles. The van der Waals surface area contributed by atoms with E-state index in [1.165, 1.54) is 6.42 Å². The fourth-order valence-corrected chi connectivity index (χ4v) is 2.76. The molecule has 0 saturated carbocycles. The van der Waals surface area contributed by atoms with E-state index < -0.39 is 0 Å². The molecule has 0 radical (unpaired) electrons. The van der Waals surface area contributed by atoms with Gasteiger partial charge in [0.05, 0.1) is 12.8 Å². The van der Waals surface area contributed by atoms with E-state index in [0.717, 1.165) is 24.2 Å². The molecule has 0 amide bonds. The molecule has 4 heteroatoms. The van der Waals surface area contributed by atoms with Crippen molar-refractivity contribution in [3.8, 4) is 5.75 Å². The summed E-state index contributed by atoms with van der Waals surface area (Å²) in [5.41, 5.74) is 4.35. The van der Waals surface area contributed by atoms with Crippen molar-refractivity contribution in [3.63, 3.8) is 0 Å². The number of nitrogens with one attached hydrogen (secondary N) is 1. The second-order valence-corrected chi connectivity index (χ2v) is 7.13. The Labute approximate surface area is 129 Å². The average molecular weight is 293 g/mol. The number of hydrazine groups is 1. The van der Waals surface area contributed by atoms with E-state index in [4.69, 9.17) is 10.6 Å². The monoisotopic (exact) mass is 293 g/mol. The summed E-state index contributed by atoms with van der Waals surface area (Å²) >= 11 is 0. The van der Waals surface area contributed by atoms with Gasteiger partial charge in [-0.05, 0) is 42.2 Å². The Bertz CT molecular complexity index is 415. The molecule has 2 atom stereocenters. The maximum Gasteiger partial charge on any atom is 0.137 e. The van der Waals surface area contributed by atoms with Crippen molar-refractivity contribution in [2.24, 2.45) is 17.2 Å². The van der Waals surface area contributed by atoms with Crippen LogP contribution in [0.4, 0.5) is 0 Å². The lowest BCUT2D eigenvalue weighted by Crippen LogP contribution is -2.30. The van der Waals surface area contributed by atoms with Crippen LogP contribution in [0.3, 0.4) is 0 Å². The largest absolute Gasteiger partial charge is 0.492 e. The summed E-state index contributed by atoms with van der Waals surface area (Å²) in [6, 6.07) is 2.15. The molecule has 0 aliphatic heterocycles. The van der Waals surface area contributed by atoms with E-state index in [1.54, 1.807) is 6.20 Å². The van der Waals surface area contributed by atoms with Gasteiger partial charge in [0.2, 0.25) is 0 Å². The van der Waals surface area contributed by atoms with Crippen LogP contribution in [0.1, 0.15) is 65.5 Å². The molecule has 0 aliphatic rings. The van der Waals surface area contributed by atoms with Gasteiger partial charge in [-0.3, -0.25) is 16.3 Å². The van der Waals surface area contributed by atoms with Gasteiger partial charge in [-0.1, -0.05) is 34.6 Å². The first-order chi connectivity index (χ1) is 9.85. The molecule has 120 valence electrons. The van der Waals surface area contributed by atoms with Crippen LogP contribution in [0.2, 0.25) is 0 Å². The molecular formula is C17H31N3O. The van der Waals surface area contributed by atoms with Crippen LogP contribution in [0, 0.1) is 11.3 Å². The van der Waals surface area contributed by atoms with Gasteiger partial charge in [-0.15, -0.1) is 0 Å². The van der Waals surface area contributed by atoms with Crippen LogP contribution in [-0.4, -0.2) is 11.6 Å². The number of ether oxygens (including phenoxy) is 1. The molecule has 0 saturated heterocycles. The third kappa shape index (κ3) is 6.91.